The molecule has 6 nitrogen and oxygen atoms in total. The van der Waals surface area contributed by atoms with Crippen LogP contribution in [0.4, 0.5) is 11.4 Å². The van der Waals surface area contributed by atoms with E-state index in [9.17, 15) is 13.2 Å². The second kappa shape index (κ2) is 10.5. The van der Waals surface area contributed by atoms with Gasteiger partial charge < -0.3 is 10.2 Å². The predicted molar refractivity (Wildman–Crippen MR) is 134 cm³/mol. The van der Waals surface area contributed by atoms with Crippen LogP contribution >= 0.6 is 0 Å². The molecule has 0 fully saturated rings. The lowest BCUT2D eigenvalue weighted by atomic mass is 10.1. The molecule has 0 aliphatic rings. The van der Waals surface area contributed by atoms with E-state index >= 15 is 0 Å². The lowest BCUT2D eigenvalue weighted by Crippen LogP contribution is -2.42. The largest absolute Gasteiger partial charge is 0.373 e. The number of hydrogen-bond acceptors (Lipinski definition) is 4. The number of likely N-dealkylation sites (N-methyl/N-ethyl adjacent to an activating group) is 1. The molecule has 0 saturated carbocycles. The molecule has 3 aromatic rings. The zero-order valence-electron chi connectivity index (χ0n) is 19.6. The summed E-state index contributed by atoms with van der Waals surface area (Å²) in [6.45, 7) is 6.42. The number of rotatable bonds is 9. The van der Waals surface area contributed by atoms with E-state index in [4.69, 9.17) is 0 Å². The lowest BCUT2D eigenvalue weighted by Gasteiger charge is -2.25. The van der Waals surface area contributed by atoms with E-state index in [1.165, 1.54) is 4.31 Å². The summed E-state index contributed by atoms with van der Waals surface area (Å²) in [5.41, 5.74) is 4.35. The van der Waals surface area contributed by atoms with Crippen molar-refractivity contribution in [1.29, 1.82) is 0 Å². The molecule has 0 aromatic heterocycles. The summed E-state index contributed by atoms with van der Waals surface area (Å²) in [6.07, 6.45) is 0. The topological polar surface area (TPSA) is 69.7 Å². The molecule has 0 radical (unpaired) electrons. The number of nitrogens with one attached hydrogen (secondary N) is 1. The van der Waals surface area contributed by atoms with Gasteiger partial charge in [0.25, 0.3) is 10.0 Å². The molecule has 1 N–H and O–H groups in total. The molecule has 0 unspecified atom stereocenters. The van der Waals surface area contributed by atoms with Crippen LogP contribution < -0.4 is 14.5 Å². The number of benzene rings is 3. The zero-order valence-corrected chi connectivity index (χ0v) is 20.4. The number of hydrogen-bond donors (Lipinski definition) is 1. The Morgan fingerprint density at radius 2 is 1.42 bits per heavy atom. The highest BCUT2D eigenvalue weighted by Crippen LogP contribution is 2.26. The number of nitrogens with zero attached hydrogens (tertiary/aromatic N) is 2. The van der Waals surface area contributed by atoms with Crippen LogP contribution in [0.2, 0.25) is 0 Å². The number of carbonyl (C=O) groups is 1. The van der Waals surface area contributed by atoms with Crippen molar-refractivity contribution in [2.24, 2.45) is 0 Å². The second-order valence-electron chi connectivity index (χ2n) is 8.28. The average Bonchev–Trinajstić information content (AvgIpc) is 2.77. The van der Waals surface area contributed by atoms with Crippen LogP contribution in [0.1, 0.15) is 16.7 Å². The molecule has 0 bridgehead atoms. The van der Waals surface area contributed by atoms with Crippen molar-refractivity contribution >= 4 is 27.3 Å². The Morgan fingerprint density at radius 3 is 2.03 bits per heavy atom. The summed E-state index contributed by atoms with van der Waals surface area (Å²) in [5.74, 6) is -0.355. The van der Waals surface area contributed by atoms with Crippen LogP contribution in [0, 0.1) is 20.8 Å². The Kier molecular flexibility index (Phi) is 7.76. The van der Waals surface area contributed by atoms with Gasteiger partial charge in [0, 0.05) is 25.8 Å². The quantitative estimate of drug-likeness (QED) is 0.517. The number of anilines is 2. The number of amides is 1. The molecule has 0 spiro atoms. The van der Waals surface area contributed by atoms with Gasteiger partial charge in [0.05, 0.1) is 10.6 Å². The Morgan fingerprint density at radius 1 is 0.818 bits per heavy atom. The first-order valence-electron chi connectivity index (χ1n) is 10.9. The normalized spacial score (nSPS) is 11.2. The van der Waals surface area contributed by atoms with Crippen LogP contribution in [0.15, 0.2) is 77.7 Å². The molecule has 33 heavy (non-hydrogen) atoms. The van der Waals surface area contributed by atoms with Gasteiger partial charge in [0.2, 0.25) is 5.91 Å². The molecule has 0 aliphatic carbocycles. The number of sulfonamides is 1. The molecule has 7 heteroatoms. The van der Waals surface area contributed by atoms with Crippen molar-refractivity contribution in [3.63, 3.8) is 0 Å². The summed E-state index contributed by atoms with van der Waals surface area (Å²) >= 11 is 0. The summed E-state index contributed by atoms with van der Waals surface area (Å²) in [7, 11) is -1.97. The van der Waals surface area contributed by atoms with Gasteiger partial charge in [-0.15, -0.1) is 0 Å². The average molecular weight is 466 g/mol. The van der Waals surface area contributed by atoms with Crippen molar-refractivity contribution in [3.05, 3.63) is 89.5 Å². The molecule has 0 atom stereocenters. The minimum absolute atomic E-state index is 0.156. The van der Waals surface area contributed by atoms with E-state index in [0.717, 1.165) is 22.4 Å². The fourth-order valence-electron chi connectivity index (χ4n) is 3.61. The first-order chi connectivity index (χ1) is 15.7. The van der Waals surface area contributed by atoms with E-state index in [-0.39, 0.29) is 17.3 Å². The van der Waals surface area contributed by atoms with E-state index < -0.39 is 10.0 Å². The van der Waals surface area contributed by atoms with Gasteiger partial charge in [0.15, 0.2) is 0 Å². The number of aryl methyl sites for hydroxylation is 3. The molecule has 0 saturated heterocycles. The SMILES string of the molecule is Cc1ccc(S(=O)(=O)N(CC(=O)NCCN(C)c2ccccc2)c2cc(C)cc(C)c2)cc1. The third-order valence-corrected chi connectivity index (χ3v) is 7.15. The molecular formula is C26H31N3O3S. The maximum absolute atomic E-state index is 13.5. The molecule has 3 aromatic carbocycles. The van der Waals surface area contributed by atoms with Crippen molar-refractivity contribution in [3.8, 4) is 0 Å². The Balaban J connectivity index is 1.78. The third-order valence-electron chi connectivity index (χ3n) is 5.36. The number of carbonyl (C=O) groups excluding carboxylic acids is 1. The van der Waals surface area contributed by atoms with Crippen LogP contribution in [0.3, 0.4) is 0 Å². The smallest absolute Gasteiger partial charge is 0.264 e. The zero-order chi connectivity index (χ0) is 24.0. The summed E-state index contributed by atoms with van der Waals surface area (Å²) in [4.78, 5) is 15.0. The third kappa shape index (κ3) is 6.35. The first kappa shape index (κ1) is 24.3. The van der Waals surface area contributed by atoms with Gasteiger partial charge in [-0.05, 0) is 68.3 Å². The second-order valence-corrected chi connectivity index (χ2v) is 10.1. The van der Waals surface area contributed by atoms with Gasteiger partial charge in [-0.3, -0.25) is 9.10 Å². The summed E-state index contributed by atoms with van der Waals surface area (Å²) in [5, 5.41) is 2.86. The molecule has 0 heterocycles. The van der Waals surface area contributed by atoms with E-state index in [1.54, 1.807) is 36.4 Å². The standard InChI is InChI=1S/C26H31N3O3S/c1-20-10-12-25(13-11-20)33(31,32)29(24-17-21(2)16-22(3)18-24)19-26(30)27-14-15-28(4)23-8-6-5-7-9-23/h5-13,16-18H,14-15,19H2,1-4H3,(H,27,30). The maximum atomic E-state index is 13.5. The monoisotopic (exact) mass is 465 g/mol. The molecular weight excluding hydrogens is 434 g/mol. The lowest BCUT2D eigenvalue weighted by molar-refractivity contribution is -0.119. The minimum atomic E-state index is -3.92. The molecule has 3 rings (SSSR count). The van der Waals surface area contributed by atoms with Crippen LogP contribution in [-0.4, -0.2) is 41.0 Å². The van der Waals surface area contributed by atoms with E-state index in [0.29, 0.717) is 18.8 Å². The van der Waals surface area contributed by atoms with Crippen LogP contribution in [-0.2, 0) is 14.8 Å². The highest BCUT2D eigenvalue weighted by Gasteiger charge is 2.27. The highest BCUT2D eigenvalue weighted by atomic mass is 32.2. The van der Waals surface area contributed by atoms with E-state index in [1.807, 2.05) is 69.1 Å². The highest BCUT2D eigenvalue weighted by molar-refractivity contribution is 7.92. The Bertz CT molecular complexity index is 1170. The van der Waals surface area contributed by atoms with Gasteiger partial charge in [-0.25, -0.2) is 8.42 Å². The Labute approximate surface area is 196 Å². The van der Waals surface area contributed by atoms with Gasteiger partial charge in [-0.2, -0.15) is 0 Å². The molecule has 0 aliphatic heterocycles. The van der Waals surface area contributed by atoms with Crippen molar-refractivity contribution in [1.82, 2.24) is 5.32 Å². The van der Waals surface area contributed by atoms with Crippen molar-refractivity contribution in [2.45, 2.75) is 25.7 Å². The van der Waals surface area contributed by atoms with Crippen LogP contribution in [0.25, 0.3) is 0 Å². The van der Waals surface area contributed by atoms with Gasteiger partial charge >= 0.3 is 0 Å². The summed E-state index contributed by atoms with van der Waals surface area (Å²) < 4.78 is 28.2. The van der Waals surface area contributed by atoms with Crippen molar-refractivity contribution < 1.29 is 13.2 Å². The fourth-order valence-corrected chi connectivity index (χ4v) is 5.01. The van der Waals surface area contributed by atoms with Gasteiger partial charge in [-0.1, -0.05) is 42.0 Å². The van der Waals surface area contributed by atoms with E-state index in [2.05, 4.69) is 5.32 Å². The number of para-hydroxylation sites is 1. The first-order valence-corrected chi connectivity index (χ1v) is 12.3. The Hall–Kier alpha value is -3.32. The van der Waals surface area contributed by atoms with Gasteiger partial charge in [0.1, 0.15) is 6.54 Å². The van der Waals surface area contributed by atoms with Crippen molar-refractivity contribution in [2.75, 3.05) is 35.9 Å². The van der Waals surface area contributed by atoms with Crippen LogP contribution in [0.5, 0.6) is 0 Å². The summed E-state index contributed by atoms with van der Waals surface area (Å²) in [6, 6.07) is 22.1. The fraction of sp³-hybridized carbons (Fsp3) is 0.269. The molecule has 174 valence electrons. The maximum Gasteiger partial charge on any atom is 0.264 e. The minimum Gasteiger partial charge on any atom is -0.373 e. The molecule has 1 amide bonds. The predicted octanol–water partition coefficient (Wildman–Crippen LogP) is 4.06.